The molecule has 1 fully saturated rings. The number of piperidine rings is 1. The van der Waals surface area contributed by atoms with Gasteiger partial charge in [0.05, 0.1) is 18.2 Å². The number of thiazole rings is 1. The fraction of sp³-hybridized carbons (Fsp3) is 0.588. The standard InChI is InChI=1S/C17H24N4OS/c1-11-10-23-17(18-11)15-7-5-6-8-21(15)16(22)9-14-12(2)19-20(4)13(14)3/h10,15H,5-9H2,1-4H3. The molecule has 124 valence electrons. The molecule has 6 heteroatoms. The van der Waals surface area contributed by atoms with Gasteiger partial charge >= 0.3 is 0 Å². The summed E-state index contributed by atoms with van der Waals surface area (Å²) in [6.45, 7) is 6.85. The minimum absolute atomic E-state index is 0.146. The van der Waals surface area contributed by atoms with E-state index in [0.717, 1.165) is 53.5 Å². The minimum Gasteiger partial charge on any atom is -0.333 e. The summed E-state index contributed by atoms with van der Waals surface area (Å²) in [4.78, 5) is 19.6. The molecule has 3 heterocycles. The molecule has 0 spiro atoms. The van der Waals surface area contributed by atoms with E-state index in [9.17, 15) is 4.79 Å². The van der Waals surface area contributed by atoms with E-state index >= 15 is 0 Å². The van der Waals surface area contributed by atoms with Gasteiger partial charge in [-0.3, -0.25) is 9.48 Å². The highest BCUT2D eigenvalue weighted by Gasteiger charge is 2.30. The highest BCUT2D eigenvalue weighted by Crippen LogP contribution is 2.33. The van der Waals surface area contributed by atoms with Crippen LogP contribution in [0, 0.1) is 20.8 Å². The number of amides is 1. The van der Waals surface area contributed by atoms with Gasteiger partial charge in [-0.2, -0.15) is 5.10 Å². The van der Waals surface area contributed by atoms with E-state index in [1.807, 2.05) is 37.4 Å². The second-order valence-electron chi connectivity index (χ2n) is 6.38. The third-order valence-corrected chi connectivity index (χ3v) is 5.80. The van der Waals surface area contributed by atoms with Crippen molar-refractivity contribution >= 4 is 17.2 Å². The van der Waals surface area contributed by atoms with Gasteiger partial charge in [-0.25, -0.2) is 4.98 Å². The highest BCUT2D eigenvalue weighted by atomic mass is 32.1. The zero-order valence-electron chi connectivity index (χ0n) is 14.3. The Bertz CT molecular complexity index is 718. The number of hydrogen-bond donors (Lipinski definition) is 0. The van der Waals surface area contributed by atoms with Crippen LogP contribution in [0.3, 0.4) is 0 Å². The summed E-state index contributed by atoms with van der Waals surface area (Å²) in [5.41, 5.74) is 4.14. The Hall–Kier alpha value is -1.69. The topological polar surface area (TPSA) is 51.0 Å². The van der Waals surface area contributed by atoms with E-state index < -0.39 is 0 Å². The number of rotatable bonds is 3. The van der Waals surface area contributed by atoms with Gasteiger partial charge in [0.2, 0.25) is 5.91 Å². The van der Waals surface area contributed by atoms with Crippen LogP contribution in [0.2, 0.25) is 0 Å². The summed E-state index contributed by atoms with van der Waals surface area (Å²) in [5.74, 6) is 0.196. The van der Waals surface area contributed by atoms with Gasteiger partial charge in [-0.05, 0) is 40.0 Å². The van der Waals surface area contributed by atoms with Crippen molar-refractivity contribution in [3.8, 4) is 0 Å². The monoisotopic (exact) mass is 332 g/mol. The van der Waals surface area contributed by atoms with Gasteiger partial charge in [0.25, 0.3) is 0 Å². The summed E-state index contributed by atoms with van der Waals surface area (Å²) in [7, 11) is 1.93. The van der Waals surface area contributed by atoms with Crippen molar-refractivity contribution in [3.63, 3.8) is 0 Å². The van der Waals surface area contributed by atoms with E-state index in [2.05, 4.69) is 15.5 Å². The Morgan fingerprint density at radius 2 is 2.13 bits per heavy atom. The van der Waals surface area contributed by atoms with Gasteiger partial charge in [0.15, 0.2) is 0 Å². The van der Waals surface area contributed by atoms with E-state index in [1.54, 1.807) is 11.3 Å². The molecular weight excluding hydrogens is 308 g/mol. The number of carbonyl (C=O) groups excluding carboxylic acids is 1. The molecule has 2 aromatic rings. The molecule has 0 bridgehead atoms. The van der Waals surface area contributed by atoms with Crippen LogP contribution in [-0.2, 0) is 18.3 Å². The summed E-state index contributed by atoms with van der Waals surface area (Å²) in [6, 6.07) is 0.146. The lowest BCUT2D eigenvalue weighted by atomic mass is 10.0. The molecule has 0 radical (unpaired) electrons. The van der Waals surface area contributed by atoms with Crippen LogP contribution in [0.15, 0.2) is 5.38 Å². The van der Waals surface area contributed by atoms with Gasteiger partial charge in [0.1, 0.15) is 5.01 Å². The maximum absolute atomic E-state index is 12.9. The maximum Gasteiger partial charge on any atom is 0.227 e. The zero-order chi connectivity index (χ0) is 16.6. The van der Waals surface area contributed by atoms with Crippen LogP contribution in [-0.4, -0.2) is 32.1 Å². The molecule has 23 heavy (non-hydrogen) atoms. The van der Waals surface area contributed by atoms with Crippen LogP contribution >= 0.6 is 11.3 Å². The maximum atomic E-state index is 12.9. The van der Waals surface area contributed by atoms with E-state index in [0.29, 0.717) is 6.42 Å². The Balaban J connectivity index is 1.81. The van der Waals surface area contributed by atoms with Crippen molar-refractivity contribution < 1.29 is 4.79 Å². The Kier molecular flexibility index (Phi) is 4.53. The smallest absolute Gasteiger partial charge is 0.227 e. The number of likely N-dealkylation sites (tertiary alicyclic amines) is 1. The van der Waals surface area contributed by atoms with Gasteiger partial charge in [-0.15, -0.1) is 11.3 Å². The Labute approximate surface area is 141 Å². The number of carbonyl (C=O) groups is 1. The first-order valence-corrected chi connectivity index (χ1v) is 9.06. The summed E-state index contributed by atoms with van der Waals surface area (Å²) < 4.78 is 1.86. The van der Waals surface area contributed by atoms with Crippen molar-refractivity contribution in [2.75, 3.05) is 6.54 Å². The normalized spacial score (nSPS) is 18.4. The summed E-state index contributed by atoms with van der Waals surface area (Å²) in [6.07, 6.45) is 3.70. The number of aromatic nitrogens is 3. The van der Waals surface area contributed by atoms with Crippen LogP contribution < -0.4 is 0 Å². The molecule has 0 aromatic carbocycles. The predicted octanol–water partition coefficient (Wildman–Crippen LogP) is 3.10. The third kappa shape index (κ3) is 3.17. The van der Waals surface area contributed by atoms with Crippen LogP contribution in [0.4, 0.5) is 0 Å². The molecule has 0 saturated carbocycles. The van der Waals surface area contributed by atoms with Crippen LogP contribution in [0.25, 0.3) is 0 Å². The molecule has 1 atom stereocenters. The predicted molar refractivity (Wildman–Crippen MR) is 91.5 cm³/mol. The van der Waals surface area contributed by atoms with Gasteiger partial charge in [0, 0.05) is 35.9 Å². The van der Waals surface area contributed by atoms with Crippen LogP contribution in [0.5, 0.6) is 0 Å². The first-order valence-electron chi connectivity index (χ1n) is 8.18. The van der Waals surface area contributed by atoms with Crippen LogP contribution in [0.1, 0.15) is 53.0 Å². The van der Waals surface area contributed by atoms with Crippen molar-refractivity contribution in [1.29, 1.82) is 0 Å². The second-order valence-corrected chi connectivity index (χ2v) is 7.27. The lowest BCUT2D eigenvalue weighted by molar-refractivity contribution is -0.134. The number of hydrogen-bond acceptors (Lipinski definition) is 4. The lowest BCUT2D eigenvalue weighted by Gasteiger charge is -2.34. The summed E-state index contributed by atoms with van der Waals surface area (Å²) in [5, 5.41) is 7.58. The van der Waals surface area contributed by atoms with Gasteiger partial charge in [-0.1, -0.05) is 0 Å². The first kappa shape index (κ1) is 16.2. The molecule has 5 nitrogen and oxygen atoms in total. The Morgan fingerprint density at radius 1 is 1.35 bits per heavy atom. The SMILES string of the molecule is Cc1csc(C2CCCCN2C(=O)Cc2c(C)nn(C)c2C)n1. The molecular formula is C17H24N4OS. The third-order valence-electron chi connectivity index (χ3n) is 4.73. The number of aryl methyl sites for hydroxylation is 3. The fourth-order valence-corrected chi connectivity index (χ4v) is 4.28. The van der Waals surface area contributed by atoms with Crippen molar-refractivity contribution in [3.05, 3.63) is 33.0 Å². The molecule has 3 rings (SSSR count). The second kappa shape index (κ2) is 6.43. The van der Waals surface area contributed by atoms with E-state index in [1.165, 1.54) is 0 Å². The molecule has 0 N–H and O–H groups in total. The van der Waals surface area contributed by atoms with Crippen molar-refractivity contribution in [1.82, 2.24) is 19.7 Å². The minimum atomic E-state index is 0.146. The molecule has 1 amide bonds. The highest BCUT2D eigenvalue weighted by molar-refractivity contribution is 7.09. The summed E-state index contributed by atoms with van der Waals surface area (Å²) >= 11 is 1.67. The Morgan fingerprint density at radius 3 is 2.74 bits per heavy atom. The molecule has 1 unspecified atom stereocenters. The number of nitrogens with zero attached hydrogens (tertiary/aromatic N) is 4. The molecule has 1 aliphatic rings. The quantitative estimate of drug-likeness (QED) is 0.868. The van der Waals surface area contributed by atoms with E-state index in [4.69, 9.17) is 0 Å². The molecule has 2 aromatic heterocycles. The fourth-order valence-electron chi connectivity index (χ4n) is 3.34. The average Bonchev–Trinajstić information content (AvgIpc) is 3.06. The molecule has 1 aliphatic heterocycles. The average molecular weight is 332 g/mol. The molecule has 0 aliphatic carbocycles. The van der Waals surface area contributed by atoms with E-state index in [-0.39, 0.29) is 11.9 Å². The van der Waals surface area contributed by atoms with Crippen molar-refractivity contribution in [2.45, 2.75) is 52.5 Å². The first-order chi connectivity index (χ1) is 11.0. The lowest BCUT2D eigenvalue weighted by Crippen LogP contribution is -2.39. The largest absolute Gasteiger partial charge is 0.333 e. The zero-order valence-corrected chi connectivity index (χ0v) is 15.1. The van der Waals surface area contributed by atoms with Gasteiger partial charge < -0.3 is 4.90 Å². The molecule has 1 saturated heterocycles. The van der Waals surface area contributed by atoms with Crippen molar-refractivity contribution in [2.24, 2.45) is 7.05 Å².